The Morgan fingerprint density at radius 1 is 1.17 bits per heavy atom. The molecule has 3 heterocycles. The van der Waals surface area contributed by atoms with Crippen molar-refractivity contribution in [1.82, 2.24) is 9.21 Å². The van der Waals surface area contributed by atoms with Crippen molar-refractivity contribution in [3.05, 3.63) is 17.2 Å². The van der Waals surface area contributed by atoms with Gasteiger partial charge in [0.25, 0.3) is 5.91 Å². The zero-order chi connectivity index (χ0) is 21.5. The van der Waals surface area contributed by atoms with Crippen LogP contribution in [0, 0.1) is 5.92 Å². The molecule has 10 heteroatoms. The standard InChI is InChI=1S/C20H26ClN3O5S/c1-13-4-2-3-7-24(13)20(26)14-5-8-23(9-6-14)30(27,28)18-11-17-16(10-15(18)21)22-19(25)12-29-17/h10-11,13-14H,2-9,12H2,1H3,(H,22,25)/t13-/m1/s1. The SMILES string of the molecule is C[C@@H]1CCCCN1C(=O)C1CCN(S(=O)(=O)c2cc3c(cc2Cl)NC(=O)CO3)CC1. The van der Waals surface area contributed by atoms with E-state index in [9.17, 15) is 18.0 Å². The summed E-state index contributed by atoms with van der Waals surface area (Å²) in [6.45, 7) is 3.24. The summed E-state index contributed by atoms with van der Waals surface area (Å²) in [5, 5.41) is 2.64. The Hall–Kier alpha value is -1.84. The van der Waals surface area contributed by atoms with Crippen LogP contribution in [0.1, 0.15) is 39.0 Å². The Morgan fingerprint density at radius 3 is 2.60 bits per heavy atom. The van der Waals surface area contributed by atoms with Crippen molar-refractivity contribution in [3.63, 3.8) is 0 Å². The Morgan fingerprint density at radius 2 is 1.90 bits per heavy atom. The van der Waals surface area contributed by atoms with Crippen molar-refractivity contribution < 1.29 is 22.7 Å². The number of amides is 2. The largest absolute Gasteiger partial charge is 0.482 e. The summed E-state index contributed by atoms with van der Waals surface area (Å²) in [5.74, 6) is -0.0320. The number of rotatable bonds is 3. The predicted octanol–water partition coefficient (Wildman–Crippen LogP) is 2.47. The summed E-state index contributed by atoms with van der Waals surface area (Å²) in [6.07, 6.45) is 4.20. The van der Waals surface area contributed by atoms with Crippen molar-refractivity contribution in [3.8, 4) is 5.75 Å². The second-order valence-corrected chi connectivity index (χ2v) is 10.5. The summed E-state index contributed by atoms with van der Waals surface area (Å²) < 4.78 is 33.1. The number of hydrogen-bond acceptors (Lipinski definition) is 5. The first-order valence-electron chi connectivity index (χ1n) is 10.3. The average Bonchev–Trinajstić information content (AvgIpc) is 2.73. The number of carbonyl (C=O) groups excluding carboxylic acids is 2. The number of piperidine rings is 2. The fourth-order valence-electron chi connectivity index (χ4n) is 4.42. The van der Waals surface area contributed by atoms with E-state index in [4.69, 9.17) is 16.3 Å². The third kappa shape index (κ3) is 4.02. The Bertz CT molecular complexity index is 959. The minimum absolute atomic E-state index is 0.0277. The molecule has 4 rings (SSSR count). The Labute approximate surface area is 181 Å². The minimum Gasteiger partial charge on any atom is -0.482 e. The molecule has 1 N–H and O–H groups in total. The van der Waals surface area contributed by atoms with Crippen molar-refractivity contribution in [1.29, 1.82) is 0 Å². The zero-order valence-corrected chi connectivity index (χ0v) is 18.5. The third-order valence-electron chi connectivity index (χ3n) is 6.17. The summed E-state index contributed by atoms with van der Waals surface area (Å²) >= 11 is 6.24. The Balaban J connectivity index is 1.47. The summed E-state index contributed by atoms with van der Waals surface area (Å²) in [7, 11) is -3.84. The summed E-state index contributed by atoms with van der Waals surface area (Å²) in [5.41, 5.74) is 0.357. The number of ether oxygens (including phenoxy) is 1. The predicted molar refractivity (Wildman–Crippen MR) is 112 cm³/mol. The highest BCUT2D eigenvalue weighted by molar-refractivity contribution is 7.89. The van der Waals surface area contributed by atoms with Gasteiger partial charge in [0.05, 0.1) is 10.7 Å². The third-order valence-corrected chi connectivity index (χ3v) is 8.54. The molecule has 0 radical (unpaired) electrons. The van der Waals surface area contributed by atoms with Crippen LogP contribution in [0.3, 0.4) is 0 Å². The van der Waals surface area contributed by atoms with E-state index in [-0.39, 0.29) is 59.1 Å². The molecule has 2 amide bonds. The van der Waals surface area contributed by atoms with E-state index in [1.807, 2.05) is 4.90 Å². The molecule has 0 unspecified atom stereocenters. The van der Waals surface area contributed by atoms with E-state index in [0.29, 0.717) is 18.5 Å². The molecule has 1 aromatic carbocycles. The van der Waals surface area contributed by atoms with Crippen molar-refractivity contribution in [2.45, 2.75) is 50.0 Å². The van der Waals surface area contributed by atoms with Crippen LogP contribution in [0.4, 0.5) is 5.69 Å². The van der Waals surface area contributed by atoms with Crippen LogP contribution in [0.2, 0.25) is 5.02 Å². The molecule has 3 aliphatic heterocycles. The van der Waals surface area contributed by atoms with E-state index in [2.05, 4.69) is 12.2 Å². The highest BCUT2D eigenvalue weighted by Crippen LogP contribution is 2.37. The highest BCUT2D eigenvalue weighted by atomic mass is 35.5. The van der Waals surface area contributed by atoms with Gasteiger partial charge in [0, 0.05) is 37.7 Å². The van der Waals surface area contributed by atoms with Gasteiger partial charge in [-0.3, -0.25) is 9.59 Å². The molecule has 1 atom stereocenters. The van der Waals surface area contributed by atoms with Crippen LogP contribution >= 0.6 is 11.6 Å². The van der Waals surface area contributed by atoms with Gasteiger partial charge in [-0.05, 0) is 45.1 Å². The number of halogens is 1. The molecule has 0 spiro atoms. The molecule has 0 saturated carbocycles. The first-order valence-corrected chi connectivity index (χ1v) is 12.2. The molecule has 3 aliphatic rings. The maximum absolute atomic E-state index is 13.2. The van der Waals surface area contributed by atoms with Crippen LogP contribution in [-0.2, 0) is 19.6 Å². The number of sulfonamides is 1. The average molecular weight is 456 g/mol. The molecule has 0 aliphatic carbocycles. The maximum atomic E-state index is 13.2. The molecule has 30 heavy (non-hydrogen) atoms. The lowest BCUT2D eigenvalue weighted by Crippen LogP contribution is -2.48. The van der Waals surface area contributed by atoms with Gasteiger partial charge in [-0.2, -0.15) is 4.31 Å². The number of nitrogens with one attached hydrogen (secondary N) is 1. The zero-order valence-electron chi connectivity index (χ0n) is 16.9. The van der Waals surface area contributed by atoms with Crippen LogP contribution < -0.4 is 10.1 Å². The number of anilines is 1. The molecule has 2 fully saturated rings. The monoisotopic (exact) mass is 455 g/mol. The number of likely N-dealkylation sites (tertiary alicyclic amines) is 1. The molecule has 164 valence electrons. The maximum Gasteiger partial charge on any atom is 0.262 e. The molecule has 1 aromatic rings. The van der Waals surface area contributed by atoms with E-state index in [0.717, 1.165) is 25.8 Å². The normalized spacial score (nSPS) is 23.5. The van der Waals surface area contributed by atoms with Gasteiger partial charge in [0.2, 0.25) is 15.9 Å². The number of fused-ring (bicyclic) bond motifs is 1. The molecule has 8 nitrogen and oxygen atoms in total. The number of hydrogen-bond donors (Lipinski definition) is 1. The van der Waals surface area contributed by atoms with Crippen molar-refractivity contribution in [2.75, 3.05) is 31.6 Å². The lowest BCUT2D eigenvalue weighted by Gasteiger charge is -2.38. The van der Waals surface area contributed by atoms with E-state index < -0.39 is 10.0 Å². The fraction of sp³-hybridized carbons (Fsp3) is 0.600. The summed E-state index contributed by atoms with van der Waals surface area (Å²) in [4.78, 5) is 26.3. The second-order valence-electron chi connectivity index (χ2n) is 8.17. The second kappa shape index (κ2) is 8.36. The van der Waals surface area contributed by atoms with Gasteiger partial charge < -0.3 is 15.0 Å². The number of benzene rings is 1. The van der Waals surface area contributed by atoms with E-state index in [1.165, 1.54) is 16.4 Å². The van der Waals surface area contributed by atoms with Gasteiger partial charge in [0.1, 0.15) is 10.6 Å². The van der Waals surface area contributed by atoms with Gasteiger partial charge in [-0.1, -0.05) is 11.6 Å². The molecular formula is C20H26ClN3O5S. The lowest BCUT2D eigenvalue weighted by atomic mass is 9.94. The van der Waals surface area contributed by atoms with Gasteiger partial charge in [0.15, 0.2) is 6.61 Å². The van der Waals surface area contributed by atoms with E-state index in [1.54, 1.807) is 0 Å². The lowest BCUT2D eigenvalue weighted by molar-refractivity contribution is -0.140. The first kappa shape index (κ1) is 21.4. The quantitative estimate of drug-likeness (QED) is 0.755. The van der Waals surface area contributed by atoms with Crippen molar-refractivity contribution in [2.24, 2.45) is 5.92 Å². The fourth-order valence-corrected chi connectivity index (χ4v) is 6.41. The smallest absolute Gasteiger partial charge is 0.262 e. The highest BCUT2D eigenvalue weighted by Gasteiger charge is 2.36. The molecule has 2 saturated heterocycles. The van der Waals surface area contributed by atoms with Crippen LogP contribution in [0.25, 0.3) is 0 Å². The number of nitrogens with zero attached hydrogens (tertiary/aromatic N) is 2. The van der Waals surface area contributed by atoms with Crippen molar-refractivity contribution >= 4 is 39.1 Å². The van der Waals surface area contributed by atoms with E-state index >= 15 is 0 Å². The molecular weight excluding hydrogens is 430 g/mol. The van der Waals surface area contributed by atoms with Gasteiger partial charge >= 0.3 is 0 Å². The number of carbonyl (C=O) groups is 2. The first-order chi connectivity index (χ1) is 14.3. The van der Waals surface area contributed by atoms with Gasteiger partial charge in [-0.15, -0.1) is 0 Å². The Kier molecular flexibility index (Phi) is 5.96. The van der Waals surface area contributed by atoms with Crippen LogP contribution in [0.5, 0.6) is 5.75 Å². The van der Waals surface area contributed by atoms with Crippen LogP contribution in [-0.4, -0.2) is 61.7 Å². The summed E-state index contributed by atoms with van der Waals surface area (Å²) in [6, 6.07) is 3.01. The van der Waals surface area contributed by atoms with Gasteiger partial charge in [-0.25, -0.2) is 8.42 Å². The molecule has 0 bridgehead atoms. The van der Waals surface area contributed by atoms with Crippen LogP contribution in [0.15, 0.2) is 17.0 Å². The minimum atomic E-state index is -3.84. The topological polar surface area (TPSA) is 96.0 Å². The molecule has 0 aromatic heterocycles.